The van der Waals surface area contributed by atoms with E-state index < -0.39 is 0 Å². The number of carbonyl (C=O) groups excluding carboxylic acids is 1. The van der Waals surface area contributed by atoms with E-state index in [0.717, 1.165) is 17.1 Å². The molecule has 0 aliphatic rings. The fourth-order valence-corrected chi connectivity index (χ4v) is 2.88. The van der Waals surface area contributed by atoms with E-state index in [1.807, 2.05) is 5.38 Å². The van der Waals surface area contributed by atoms with Crippen molar-refractivity contribution in [1.29, 1.82) is 0 Å². The van der Waals surface area contributed by atoms with Crippen molar-refractivity contribution in [2.75, 3.05) is 19.4 Å². The van der Waals surface area contributed by atoms with Crippen molar-refractivity contribution in [3.8, 4) is 5.75 Å². The third-order valence-electron chi connectivity index (χ3n) is 3.13. The summed E-state index contributed by atoms with van der Waals surface area (Å²) in [7, 11) is 1.49. The zero-order valence-corrected chi connectivity index (χ0v) is 16.5. The van der Waals surface area contributed by atoms with Crippen LogP contribution in [0.1, 0.15) is 28.0 Å². The van der Waals surface area contributed by atoms with Crippen LogP contribution in [0.15, 0.2) is 17.5 Å². The molecule has 134 valence electrons. The summed E-state index contributed by atoms with van der Waals surface area (Å²) in [5.74, 6) is 0.158. The molecule has 0 bridgehead atoms. The minimum absolute atomic E-state index is 0. The molecule has 0 atom stereocenters. The number of rotatable bonds is 6. The maximum atomic E-state index is 12.2. The molecule has 9 heteroatoms. The van der Waals surface area contributed by atoms with E-state index in [2.05, 4.69) is 17.2 Å². The van der Waals surface area contributed by atoms with Crippen LogP contribution in [0.4, 0.5) is 5.69 Å². The first-order chi connectivity index (χ1) is 10.5. The van der Waals surface area contributed by atoms with Gasteiger partial charge in [0.1, 0.15) is 5.75 Å². The first-order valence-corrected chi connectivity index (χ1v) is 8.15. The van der Waals surface area contributed by atoms with Gasteiger partial charge in [0.2, 0.25) is 0 Å². The molecule has 2 rings (SSSR count). The molecular formula is C15H20Cl3N3O2S. The molecule has 1 amide bonds. The van der Waals surface area contributed by atoms with Crippen LogP contribution in [0.3, 0.4) is 0 Å². The van der Waals surface area contributed by atoms with Crippen LogP contribution in [0.2, 0.25) is 5.02 Å². The minimum atomic E-state index is -0.246. The summed E-state index contributed by atoms with van der Waals surface area (Å²) in [6, 6.07) is 3.06. The molecular weight excluding hydrogens is 393 g/mol. The van der Waals surface area contributed by atoms with Crippen LogP contribution in [0.5, 0.6) is 5.75 Å². The van der Waals surface area contributed by atoms with Crippen LogP contribution in [-0.4, -0.2) is 24.5 Å². The van der Waals surface area contributed by atoms with Gasteiger partial charge in [0, 0.05) is 24.4 Å². The third kappa shape index (κ3) is 5.70. The van der Waals surface area contributed by atoms with Crippen molar-refractivity contribution in [2.24, 2.45) is 0 Å². The SMILES string of the molecule is CCc1nc(CCNC(=O)c2cc(Cl)c(N)cc2OC)cs1.Cl.Cl. The number of ether oxygens (including phenoxy) is 1. The Bertz CT molecular complexity index is 680. The normalized spacial score (nSPS) is 9.62. The number of methoxy groups -OCH3 is 1. The molecule has 0 aliphatic heterocycles. The van der Waals surface area contributed by atoms with Crippen molar-refractivity contribution in [3.05, 3.63) is 38.8 Å². The molecule has 0 fully saturated rings. The number of aryl methyl sites for hydroxylation is 1. The van der Waals surface area contributed by atoms with Crippen LogP contribution < -0.4 is 15.8 Å². The van der Waals surface area contributed by atoms with Crippen molar-refractivity contribution >= 4 is 59.3 Å². The van der Waals surface area contributed by atoms with Gasteiger partial charge in [0.25, 0.3) is 5.91 Å². The standard InChI is InChI=1S/C15H18ClN3O2S.2ClH/c1-3-14-19-9(8-22-14)4-5-18-15(20)10-6-11(16)12(17)7-13(10)21-2;;/h6-8H,3-5,17H2,1-2H3,(H,18,20);2*1H. The zero-order chi connectivity index (χ0) is 16.1. The second kappa shape index (κ2) is 10.6. The molecule has 2 aromatic rings. The predicted molar refractivity (Wildman–Crippen MR) is 104 cm³/mol. The highest BCUT2D eigenvalue weighted by atomic mass is 35.5. The molecule has 0 spiro atoms. The van der Waals surface area contributed by atoms with Crippen LogP contribution >= 0.6 is 47.8 Å². The average Bonchev–Trinajstić information content (AvgIpc) is 2.97. The maximum Gasteiger partial charge on any atom is 0.255 e. The van der Waals surface area contributed by atoms with Gasteiger partial charge < -0.3 is 15.8 Å². The van der Waals surface area contributed by atoms with Crippen LogP contribution in [-0.2, 0) is 12.8 Å². The van der Waals surface area contributed by atoms with Gasteiger partial charge in [-0.2, -0.15) is 0 Å². The Morgan fingerprint density at radius 3 is 2.71 bits per heavy atom. The first kappa shape index (κ1) is 22.8. The predicted octanol–water partition coefficient (Wildman–Crippen LogP) is 3.77. The highest BCUT2D eigenvalue weighted by Gasteiger charge is 2.14. The number of anilines is 1. The maximum absolute atomic E-state index is 12.2. The van der Waals surface area contributed by atoms with Crippen LogP contribution in [0, 0.1) is 0 Å². The third-order valence-corrected chi connectivity index (χ3v) is 4.50. The van der Waals surface area contributed by atoms with Gasteiger partial charge in [-0.05, 0) is 12.5 Å². The molecule has 0 aliphatic carbocycles. The van der Waals surface area contributed by atoms with E-state index in [4.69, 9.17) is 22.1 Å². The van der Waals surface area contributed by atoms with Gasteiger partial charge in [0.15, 0.2) is 0 Å². The van der Waals surface area contributed by atoms with Gasteiger partial charge in [-0.1, -0.05) is 18.5 Å². The molecule has 24 heavy (non-hydrogen) atoms. The largest absolute Gasteiger partial charge is 0.496 e. The number of nitrogen functional groups attached to an aromatic ring is 1. The van der Waals surface area contributed by atoms with E-state index in [0.29, 0.717) is 35.0 Å². The number of aromatic nitrogens is 1. The Hall–Kier alpha value is -1.21. The summed E-state index contributed by atoms with van der Waals surface area (Å²) >= 11 is 7.61. The van der Waals surface area contributed by atoms with Crippen LogP contribution in [0.25, 0.3) is 0 Å². The van der Waals surface area contributed by atoms with Crippen molar-refractivity contribution < 1.29 is 9.53 Å². The Kier molecular flexibility index (Phi) is 10.1. The zero-order valence-electron chi connectivity index (χ0n) is 13.3. The molecule has 1 aromatic carbocycles. The summed E-state index contributed by atoms with van der Waals surface area (Å²) in [6.45, 7) is 2.57. The number of nitrogens with zero attached hydrogens (tertiary/aromatic N) is 1. The summed E-state index contributed by atoms with van der Waals surface area (Å²) < 4.78 is 5.17. The number of hydrogen-bond acceptors (Lipinski definition) is 5. The molecule has 0 saturated carbocycles. The van der Waals surface area contributed by atoms with Gasteiger partial charge >= 0.3 is 0 Å². The summed E-state index contributed by atoms with van der Waals surface area (Å²) in [5.41, 5.74) is 7.45. The Labute approximate surface area is 162 Å². The lowest BCUT2D eigenvalue weighted by molar-refractivity contribution is 0.0951. The topological polar surface area (TPSA) is 77.2 Å². The molecule has 0 unspecified atom stereocenters. The number of halogens is 3. The molecule has 1 aromatic heterocycles. The molecule has 1 heterocycles. The highest BCUT2D eigenvalue weighted by Crippen LogP contribution is 2.28. The van der Waals surface area contributed by atoms with Crippen molar-refractivity contribution in [2.45, 2.75) is 19.8 Å². The van der Waals surface area contributed by atoms with E-state index in [1.54, 1.807) is 17.4 Å². The van der Waals surface area contributed by atoms with Crippen molar-refractivity contribution in [3.63, 3.8) is 0 Å². The number of nitrogens with one attached hydrogen (secondary N) is 1. The van der Waals surface area contributed by atoms with Gasteiger partial charge in [0.05, 0.1) is 34.1 Å². The second-order valence-electron chi connectivity index (χ2n) is 4.67. The average molecular weight is 413 g/mol. The fraction of sp³-hybridized carbons (Fsp3) is 0.333. The fourth-order valence-electron chi connectivity index (χ4n) is 1.94. The molecule has 0 radical (unpaired) electrons. The number of thiazole rings is 1. The Morgan fingerprint density at radius 1 is 1.42 bits per heavy atom. The lowest BCUT2D eigenvalue weighted by Gasteiger charge is -2.11. The van der Waals surface area contributed by atoms with Gasteiger partial charge in [-0.3, -0.25) is 4.79 Å². The highest BCUT2D eigenvalue weighted by molar-refractivity contribution is 7.09. The Balaban J connectivity index is 0.00000264. The molecule has 5 nitrogen and oxygen atoms in total. The van der Waals surface area contributed by atoms with Gasteiger partial charge in [-0.25, -0.2) is 4.98 Å². The lowest BCUT2D eigenvalue weighted by atomic mass is 10.1. The first-order valence-electron chi connectivity index (χ1n) is 6.89. The van der Waals surface area contributed by atoms with E-state index >= 15 is 0 Å². The minimum Gasteiger partial charge on any atom is -0.496 e. The number of nitrogens with two attached hydrogens (primary N) is 1. The number of amides is 1. The smallest absolute Gasteiger partial charge is 0.255 e. The molecule has 0 saturated heterocycles. The molecule has 3 N–H and O–H groups in total. The Morgan fingerprint density at radius 2 is 2.12 bits per heavy atom. The van der Waals surface area contributed by atoms with E-state index in [9.17, 15) is 4.79 Å². The number of hydrogen-bond donors (Lipinski definition) is 2. The number of carbonyl (C=O) groups is 1. The monoisotopic (exact) mass is 411 g/mol. The second-order valence-corrected chi connectivity index (χ2v) is 6.02. The number of benzene rings is 1. The van der Waals surface area contributed by atoms with Crippen molar-refractivity contribution in [1.82, 2.24) is 10.3 Å². The van der Waals surface area contributed by atoms with E-state index in [1.165, 1.54) is 13.2 Å². The summed E-state index contributed by atoms with van der Waals surface area (Å²) in [6.07, 6.45) is 1.62. The quantitative estimate of drug-likeness (QED) is 0.708. The summed E-state index contributed by atoms with van der Waals surface area (Å²) in [4.78, 5) is 16.7. The summed E-state index contributed by atoms with van der Waals surface area (Å²) in [5, 5.41) is 6.30. The van der Waals surface area contributed by atoms with E-state index in [-0.39, 0.29) is 30.7 Å². The van der Waals surface area contributed by atoms with Gasteiger partial charge in [-0.15, -0.1) is 36.2 Å². The lowest BCUT2D eigenvalue weighted by Crippen LogP contribution is -2.26.